The van der Waals surface area contributed by atoms with Crippen LogP contribution in [0.2, 0.25) is 0 Å². The maximum atomic E-state index is 11.0. The smallest absolute Gasteiger partial charge is 0.306 e. The molecule has 0 aliphatic carbocycles. The number of esters is 1. The van der Waals surface area contributed by atoms with Gasteiger partial charge in [0.15, 0.2) is 5.82 Å². The van der Waals surface area contributed by atoms with Gasteiger partial charge in [0, 0.05) is 12.8 Å². The number of hydrogen-bond acceptors (Lipinski definition) is 6. The number of ether oxygens (including phenoxy) is 2. The molecule has 0 unspecified atom stereocenters. The zero-order valence-electron chi connectivity index (χ0n) is 11.5. The number of methoxy groups -OCH3 is 2. The lowest BCUT2D eigenvalue weighted by Gasteiger charge is -2.00. The first kappa shape index (κ1) is 14.0. The Morgan fingerprint density at radius 1 is 1.25 bits per heavy atom. The summed E-state index contributed by atoms with van der Waals surface area (Å²) in [6.07, 6.45) is 1.20. The number of hydrogen-bond donors (Lipinski definition) is 0. The fourth-order valence-electron chi connectivity index (χ4n) is 1.70. The van der Waals surface area contributed by atoms with Gasteiger partial charge in [-0.15, -0.1) is 0 Å². The Morgan fingerprint density at radius 2 is 2.00 bits per heavy atom. The maximum Gasteiger partial charge on any atom is 0.306 e. The molecule has 6 nitrogen and oxygen atoms in total. The molecule has 0 amide bonds. The maximum absolute atomic E-state index is 11.0. The molecule has 106 valence electrons. The van der Waals surface area contributed by atoms with Gasteiger partial charge in [-0.1, -0.05) is 17.3 Å². The van der Waals surface area contributed by atoms with Crippen molar-refractivity contribution >= 4 is 5.97 Å². The molecule has 2 aromatic rings. The van der Waals surface area contributed by atoms with Crippen LogP contribution in [0.15, 0.2) is 28.8 Å². The molecule has 1 heterocycles. The number of benzene rings is 1. The largest absolute Gasteiger partial charge is 0.497 e. The van der Waals surface area contributed by atoms with Gasteiger partial charge in [-0.2, -0.15) is 4.98 Å². The summed E-state index contributed by atoms with van der Waals surface area (Å²) in [5, 5.41) is 3.89. The third-order valence-corrected chi connectivity index (χ3v) is 2.80. The van der Waals surface area contributed by atoms with E-state index in [0.29, 0.717) is 24.6 Å². The van der Waals surface area contributed by atoms with Crippen LogP contribution >= 0.6 is 0 Å². The van der Waals surface area contributed by atoms with Crippen molar-refractivity contribution in [2.45, 2.75) is 19.3 Å². The summed E-state index contributed by atoms with van der Waals surface area (Å²) in [6, 6.07) is 7.66. The van der Waals surface area contributed by atoms with E-state index in [1.807, 2.05) is 24.3 Å². The first-order valence-electron chi connectivity index (χ1n) is 6.22. The van der Waals surface area contributed by atoms with E-state index in [4.69, 9.17) is 9.26 Å². The minimum absolute atomic E-state index is 0.237. The molecule has 2 rings (SSSR count). The van der Waals surface area contributed by atoms with Crippen molar-refractivity contribution in [3.05, 3.63) is 41.5 Å². The molecule has 1 aromatic heterocycles. The van der Waals surface area contributed by atoms with Crippen LogP contribution < -0.4 is 4.74 Å². The Labute approximate surface area is 116 Å². The number of aryl methyl sites for hydroxylation is 1. The van der Waals surface area contributed by atoms with Crippen LogP contribution in [0.25, 0.3) is 0 Å². The molecule has 0 bridgehead atoms. The second kappa shape index (κ2) is 6.70. The Bertz CT molecular complexity index is 563. The van der Waals surface area contributed by atoms with Crippen molar-refractivity contribution in [1.82, 2.24) is 10.1 Å². The zero-order chi connectivity index (χ0) is 14.4. The van der Waals surface area contributed by atoms with Crippen molar-refractivity contribution in [1.29, 1.82) is 0 Å². The van der Waals surface area contributed by atoms with Crippen LogP contribution in [-0.4, -0.2) is 30.3 Å². The molecule has 0 saturated carbocycles. The van der Waals surface area contributed by atoms with Crippen LogP contribution in [0.1, 0.15) is 23.7 Å². The summed E-state index contributed by atoms with van der Waals surface area (Å²) in [5.41, 5.74) is 1.06. The minimum Gasteiger partial charge on any atom is -0.497 e. The molecule has 0 N–H and O–H groups in total. The molecular formula is C14H16N2O4. The molecule has 1 aromatic carbocycles. The summed E-state index contributed by atoms with van der Waals surface area (Å²) in [6.45, 7) is 0. The van der Waals surface area contributed by atoms with Gasteiger partial charge >= 0.3 is 5.97 Å². The highest BCUT2D eigenvalue weighted by Gasteiger charge is 2.09. The topological polar surface area (TPSA) is 74.5 Å². The Hall–Kier alpha value is -2.37. The van der Waals surface area contributed by atoms with Crippen LogP contribution in [-0.2, 0) is 22.4 Å². The molecule has 0 spiro atoms. The van der Waals surface area contributed by atoms with E-state index < -0.39 is 0 Å². The monoisotopic (exact) mass is 276 g/mol. The van der Waals surface area contributed by atoms with Crippen LogP contribution in [0, 0.1) is 0 Å². The van der Waals surface area contributed by atoms with Gasteiger partial charge in [-0.05, 0) is 17.7 Å². The first-order valence-corrected chi connectivity index (χ1v) is 6.22. The highest BCUT2D eigenvalue weighted by molar-refractivity contribution is 5.69. The Balaban J connectivity index is 1.93. The molecule has 20 heavy (non-hydrogen) atoms. The number of carbonyl (C=O) groups is 1. The number of rotatable bonds is 6. The fraction of sp³-hybridized carbons (Fsp3) is 0.357. The minimum atomic E-state index is -0.292. The quantitative estimate of drug-likeness (QED) is 0.749. The van der Waals surface area contributed by atoms with Gasteiger partial charge in [0.05, 0.1) is 20.6 Å². The third-order valence-electron chi connectivity index (χ3n) is 2.80. The van der Waals surface area contributed by atoms with Crippen molar-refractivity contribution in [2.24, 2.45) is 0 Å². The van der Waals surface area contributed by atoms with Crippen LogP contribution in [0.5, 0.6) is 5.75 Å². The van der Waals surface area contributed by atoms with E-state index in [0.717, 1.165) is 11.3 Å². The average Bonchev–Trinajstić information content (AvgIpc) is 2.93. The van der Waals surface area contributed by atoms with Crippen molar-refractivity contribution < 1.29 is 18.8 Å². The molecule has 0 atom stereocenters. The lowest BCUT2D eigenvalue weighted by molar-refractivity contribution is -0.140. The second-order valence-electron chi connectivity index (χ2n) is 4.21. The number of carbonyl (C=O) groups excluding carboxylic acids is 1. The number of aromatic nitrogens is 2. The SMILES string of the molecule is COC(=O)CCc1nc(Cc2ccc(OC)cc2)no1. The fourth-order valence-corrected chi connectivity index (χ4v) is 1.70. The van der Waals surface area contributed by atoms with E-state index in [-0.39, 0.29) is 12.4 Å². The Morgan fingerprint density at radius 3 is 2.65 bits per heavy atom. The standard InChI is InChI=1S/C14H16N2O4/c1-18-11-5-3-10(4-6-11)9-12-15-13(20-16-12)7-8-14(17)19-2/h3-6H,7-9H2,1-2H3. The predicted molar refractivity (Wildman–Crippen MR) is 70.4 cm³/mol. The summed E-state index contributed by atoms with van der Waals surface area (Å²) < 4.78 is 14.7. The summed E-state index contributed by atoms with van der Waals surface area (Å²) in [7, 11) is 2.98. The lowest BCUT2D eigenvalue weighted by atomic mass is 10.1. The molecular weight excluding hydrogens is 260 g/mol. The van der Waals surface area contributed by atoms with Crippen LogP contribution in [0.4, 0.5) is 0 Å². The van der Waals surface area contributed by atoms with Crippen molar-refractivity contribution in [2.75, 3.05) is 14.2 Å². The molecule has 0 saturated heterocycles. The normalized spacial score (nSPS) is 10.3. The van der Waals surface area contributed by atoms with E-state index >= 15 is 0 Å². The second-order valence-corrected chi connectivity index (χ2v) is 4.21. The highest BCUT2D eigenvalue weighted by Crippen LogP contribution is 2.14. The van der Waals surface area contributed by atoms with Crippen molar-refractivity contribution in [3.8, 4) is 5.75 Å². The molecule has 0 aliphatic rings. The van der Waals surface area contributed by atoms with Gasteiger partial charge < -0.3 is 14.0 Å². The van der Waals surface area contributed by atoms with E-state index in [9.17, 15) is 4.79 Å². The van der Waals surface area contributed by atoms with Gasteiger partial charge in [-0.25, -0.2) is 0 Å². The lowest BCUT2D eigenvalue weighted by Crippen LogP contribution is -2.02. The predicted octanol–water partition coefficient (Wildman–Crippen LogP) is 1.77. The summed E-state index contributed by atoms with van der Waals surface area (Å²) >= 11 is 0. The number of nitrogens with zero attached hydrogens (tertiary/aromatic N) is 2. The van der Waals surface area contributed by atoms with Gasteiger partial charge in [0.1, 0.15) is 5.75 Å². The molecule has 0 fully saturated rings. The average molecular weight is 276 g/mol. The van der Waals surface area contributed by atoms with Gasteiger partial charge in [-0.3, -0.25) is 4.79 Å². The van der Waals surface area contributed by atoms with E-state index in [2.05, 4.69) is 14.9 Å². The third kappa shape index (κ3) is 3.81. The zero-order valence-corrected chi connectivity index (χ0v) is 11.5. The first-order chi connectivity index (χ1) is 9.71. The molecule has 6 heteroatoms. The Kier molecular flexibility index (Phi) is 4.70. The van der Waals surface area contributed by atoms with Gasteiger partial charge in [0.2, 0.25) is 5.89 Å². The highest BCUT2D eigenvalue weighted by atomic mass is 16.5. The van der Waals surface area contributed by atoms with E-state index in [1.165, 1.54) is 7.11 Å². The van der Waals surface area contributed by atoms with Crippen LogP contribution in [0.3, 0.4) is 0 Å². The molecule has 0 aliphatic heterocycles. The molecule has 0 radical (unpaired) electrons. The summed E-state index contributed by atoms with van der Waals surface area (Å²) in [4.78, 5) is 15.3. The summed E-state index contributed by atoms with van der Waals surface area (Å²) in [5.74, 6) is 1.55. The van der Waals surface area contributed by atoms with Crippen molar-refractivity contribution in [3.63, 3.8) is 0 Å². The van der Waals surface area contributed by atoms with Gasteiger partial charge in [0.25, 0.3) is 0 Å². The van der Waals surface area contributed by atoms with E-state index in [1.54, 1.807) is 7.11 Å².